The van der Waals surface area contributed by atoms with E-state index >= 15 is 0 Å². The Kier molecular flexibility index (Phi) is 4.29. The Morgan fingerprint density at radius 3 is 2.56 bits per heavy atom. The van der Waals surface area contributed by atoms with Crippen LogP contribution in [0, 0.1) is 0 Å². The van der Waals surface area contributed by atoms with Crippen molar-refractivity contribution in [3.8, 4) is 11.1 Å². The van der Waals surface area contributed by atoms with Crippen molar-refractivity contribution in [2.24, 2.45) is 0 Å². The third-order valence-corrected chi connectivity index (χ3v) is 3.30. The van der Waals surface area contributed by atoms with E-state index in [4.69, 9.17) is 0 Å². The molecule has 0 unspecified atom stereocenters. The first-order chi connectivity index (χ1) is 7.92. The molecule has 84 valence electrons. The van der Waals surface area contributed by atoms with Crippen LogP contribution in [0.4, 0.5) is 0 Å². The second-order valence-electron chi connectivity index (χ2n) is 4.17. The van der Waals surface area contributed by atoms with Gasteiger partial charge in [-0.05, 0) is 41.7 Å². The molecule has 2 rings (SSSR count). The summed E-state index contributed by atoms with van der Waals surface area (Å²) in [5, 5.41) is 0. The number of hydrogen-bond donors (Lipinski definition) is 1. The number of rotatable bonds is 5. The van der Waals surface area contributed by atoms with Gasteiger partial charge in [0.1, 0.15) is 0 Å². The quantitative estimate of drug-likeness (QED) is 0.570. The summed E-state index contributed by atoms with van der Waals surface area (Å²) >= 11 is 4.24. The van der Waals surface area contributed by atoms with Crippen LogP contribution in [-0.2, 0) is 6.42 Å². The van der Waals surface area contributed by atoms with Crippen molar-refractivity contribution >= 4 is 12.6 Å². The van der Waals surface area contributed by atoms with Gasteiger partial charge in [0.2, 0.25) is 0 Å². The molecule has 0 saturated heterocycles. The Balaban J connectivity index is 2.04. The first kappa shape index (κ1) is 11.5. The summed E-state index contributed by atoms with van der Waals surface area (Å²) < 4.78 is 0. The smallest absolute Gasteiger partial charge is 0.00979 e. The van der Waals surface area contributed by atoms with E-state index in [-0.39, 0.29) is 0 Å². The minimum absolute atomic E-state index is 1.01. The van der Waals surface area contributed by atoms with Crippen LogP contribution < -0.4 is 0 Å². The van der Waals surface area contributed by atoms with Crippen molar-refractivity contribution in [1.82, 2.24) is 0 Å². The van der Waals surface area contributed by atoms with Crippen molar-refractivity contribution in [3.63, 3.8) is 0 Å². The molecule has 0 aromatic rings. The van der Waals surface area contributed by atoms with Crippen LogP contribution >= 0.6 is 12.6 Å². The third-order valence-electron chi connectivity index (χ3n) is 2.99. The number of unbranched alkanes of at least 4 members (excludes halogenated alkanes) is 2. The van der Waals surface area contributed by atoms with Gasteiger partial charge in [-0.15, -0.1) is 0 Å². The third kappa shape index (κ3) is 2.79. The molecule has 0 bridgehead atoms. The molecule has 16 heavy (non-hydrogen) atoms. The highest BCUT2D eigenvalue weighted by Crippen LogP contribution is 2.27. The lowest BCUT2D eigenvalue weighted by molar-refractivity contribution is 0.725. The van der Waals surface area contributed by atoms with E-state index in [9.17, 15) is 0 Å². The molecular formula is C15H18S. The zero-order valence-electron chi connectivity index (χ0n) is 9.52. The summed E-state index contributed by atoms with van der Waals surface area (Å²) in [6.45, 7) is 0. The minimum Gasteiger partial charge on any atom is -0.179 e. The van der Waals surface area contributed by atoms with Gasteiger partial charge < -0.3 is 0 Å². The number of aryl methyl sites for hydroxylation is 1. The molecule has 0 spiro atoms. The number of fused-ring (bicyclic) bond motifs is 1. The number of thiol groups is 1. The fourth-order valence-electron chi connectivity index (χ4n) is 2.10. The first-order valence-corrected chi connectivity index (χ1v) is 6.62. The predicted molar refractivity (Wildman–Crippen MR) is 74.5 cm³/mol. The van der Waals surface area contributed by atoms with Crippen molar-refractivity contribution in [3.05, 3.63) is 48.0 Å². The molecule has 2 aliphatic rings. The highest BCUT2D eigenvalue weighted by Gasteiger charge is 2.06. The average Bonchev–Trinajstić information content (AvgIpc) is 2.54. The van der Waals surface area contributed by atoms with Crippen LogP contribution in [0.1, 0.15) is 24.8 Å². The topological polar surface area (TPSA) is 0 Å². The van der Waals surface area contributed by atoms with Crippen molar-refractivity contribution in [1.29, 1.82) is 0 Å². The molecule has 0 aromatic carbocycles. The molecular weight excluding hydrogens is 212 g/mol. The monoisotopic (exact) mass is 230 g/mol. The average molecular weight is 230 g/mol. The fraction of sp³-hybridized carbons (Fsp3) is 0.333. The highest BCUT2D eigenvalue weighted by molar-refractivity contribution is 7.80. The standard InChI is InChI=1S/C15H18S/c16-12-6-2-4-8-14-11-10-13-7-3-1-5-9-15(13)14/h1,3,5,7,9-11,16H,2,4,6,8,12H2. The molecule has 0 aliphatic heterocycles. The van der Waals surface area contributed by atoms with Gasteiger partial charge in [0.05, 0.1) is 0 Å². The normalized spacial score (nSPS) is 10.8. The highest BCUT2D eigenvalue weighted by atomic mass is 32.1. The van der Waals surface area contributed by atoms with E-state index in [1.54, 1.807) is 0 Å². The van der Waals surface area contributed by atoms with Gasteiger partial charge in [-0.1, -0.05) is 48.9 Å². The van der Waals surface area contributed by atoms with E-state index in [2.05, 4.69) is 55.1 Å². The first-order valence-electron chi connectivity index (χ1n) is 5.99. The van der Waals surface area contributed by atoms with Crippen LogP contribution in [0.25, 0.3) is 11.1 Å². The van der Waals surface area contributed by atoms with Gasteiger partial charge in [-0.2, -0.15) is 12.6 Å². The Hall–Kier alpha value is -0.950. The molecule has 0 saturated carbocycles. The van der Waals surface area contributed by atoms with E-state index in [1.165, 1.54) is 42.4 Å². The van der Waals surface area contributed by atoms with Crippen LogP contribution in [0.3, 0.4) is 0 Å². The molecule has 0 atom stereocenters. The molecule has 0 nitrogen and oxygen atoms in total. The second-order valence-corrected chi connectivity index (χ2v) is 4.62. The lowest BCUT2D eigenvalue weighted by Crippen LogP contribution is -1.85. The van der Waals surface area contributed by atoms with Gasteiger partial charge >= 0.3 is 0 Å². The van der Waals surface area contributed by atoms with Gasteiger partial charge in [0.25, 0.3) is 0 Å². The fourth-order valence-corrected chi connectivity index (χ4v) is 2.32. The zero-order valence-corrected chi connectivity index (χ0v) is 10.4. The van der Waals surface area contributed by atoms with E-state index in [0.717, 1.165) is 5.75 Å². The summed E-state index contributed by atoms with van der Waals surface area (Å²) in [6, 6.07) is 15.2. The van der Waals surface area contributed by atoms with E-state index in [1.807, 2.05) is 0 Å². The lowest BCUT2D eigenvalue weighted by atomic mass is 10.0. The predicted octanol–water partition coefficient (Wildman–Crippen LogP) is 4.43. The molecule has 2 aliphatic carbocycles. The van der Waals surface area contributed by atoms with Crippen molar-refractivity contribution in [2.45, 2.75) is 25.7 Å². The lowest BCUT2D eigenvalue weighted by Gasteiger charge is -2.01. The molecule has 0 heterocycles. The Morgan fingerprint density at radius 2 is 1.69 bits per heavy atom. The Labute approximate surface area is 103 Å². The minimum atomic E-state index is 1.01. The SMILES string of the molecule is SCCCCCc1ccc2cccccc1-2. The maximum Gasteiger partial charge on any atom is -0.00979 e. The number of hydrogen-bond acceptors (Lipinski definition) is 1. The second kappa shape index (κ2) is 5.95. The summed E-state index contributed by atoms with van der Waals surface area (Å²) in [5.41, 5.74) is 4.26. The molecule has 0 radical (unpaired) electrons. The largest absolute Gasteiger partial charge is 0.179 e. The molecule has 0 aromatic heterocycles. The Morgan fingerprint density at radius 1 is 0.812 bits per heavy atom. The van der Waals surface area contributed by atoms with Gasteiger partial charge in [-0.3, -0.25) is 0 Å². The van der Waals surface area contributed by atoms with Crippen LogP contribution in [0.2, 0.25) is 0 Å². The maximum absolute atomic E-state index is 4.24. The van der Waals surface area contributed by atoms with Gasteiger partial charge in [0, 0.05) is 0 Å². The molecule has 1 heteroatoms. The van der Waals surface area contributed by atoms with Crippen LogP contribution in [-0.4, -0.2) is 5.75 Å². The van der Waals surface area contributed by atoms with Crippen molar-refractivity contribution in [2.75, 3.05) is 5.75 Å². The van der Waals surface area contributed by atoms with E-state index < -0.39 is 0 Å². The van der Waals surface area contributed by atoms with Gasteiger partial charge in [0.15, 0.2) is 0 Å². The van der Waals surface area contributed by atoms with E-state index in [0.29, 0.717) is 0 Å². The van der Waals surface area contributed by atoms with Gasteiger partial charge in [-0.25, -0.2) is 0 Å². The summed E-state index contributed by atoms with van der Waals surface area (Å²) in [7, 11) is 0. The summed E-state index contributed by atoms with van der Waals surface area (Å²) in [5.74, 6) is 1.01. The molecule has 0 N–H and O–H groups in total. The zero-order chi connectivity index (χ0) is 11.2. The molecule has 0 fully saturated rings. The maximum atomic E-state index is 4.24. The molecule has 0 amide bonds. The summed E-state index contributed by atoms with van der Waals surface area (Å²) in [6.07, 6.45) is 4.99. The van der Waals surface area contributed by atoms with Crippen LogP contribution in [0.5, 0.6) is 0 Å². The Bertz CT molecular complexity index is 408. The summed E-state index contributed by atoms with van der Waals surface area (Å²) in [4.78, 5) is 0. The van der Waals surface area contributed by atoms with Crippen LogP contribution in [0.15, 0.2) is 42.5 Å². The van der Waals surface area contributed by atoms with Crippen molar-refractivity contribution < 1.29 is 0 Å².